The summed E-state index contributed by atoms with van der Waals surface area (Å²) in [5, 5.41) is 11.8. The predicted molar refractivity (Wildman–Crippen MR) is 115 cm³/mol. The highest BCUT2D eigenvalue weighted by molar-refractivity contribution is 7.15. The lowest BCUT2D eigenvalue weighted by Gasteiger charge is -2.33. The summed E-state index contributed by atoms with van der Waals surface area (Å²) in [5.41, 5.74) is 0.934. The number of aromatic nitrogens is 2. The van der Waals surface area contributed by atoms with Crippen molar-refractivity contribution in [3.8, 4) is 0 Å². The van der Waals surface area contributed by atoms with E-state index in [4.69, 9.17) is 11.6 Å². The maximum atomic E-state index is 12.5. The van der Waals surface area contributed by atoms with Crippen LogP contribution in [0.3, 0.4) is 0 Å². The molecule has 2 aromatic rings. The van der Waals surface area contributed by atoms with Crippen molar-refractivity contribution in [3.63, 3.8) is 0 Å². The van der Waals surface area contributed by atoms with E-state index < -0.39 is 0 Å². The Hall–Kier alpha value is -1.92. The summed E-state index contributed by atoms with van der Waals surface area (Å²) in [4.78, 5) is 16.6. The van der Waals surface area contributed by atoms with Gasteiger partial charge in [0.2, 0.25) is 11.0 Å². The summed E-state index contributed by atoms with van der Waals surface area (Å²) in [6, 6.07) is 7.50. The molecular weight excluding hydrogens is 392 g/mol. The van der Waals surface area contributed by atoms with Gasteiger partial charge in [-0.1, -0.05) is 54.3 Å². The van der Waals surface area contributed by atoms with Gasteiger partial charge in [-0.05, 0) is 36.6 Å². The molecule has 28 heavy (non-hydrogen) atoms. The zero-order valence-electron chi connectivity index (χ0n) is 15.9. The van der Waals surface area contributed by atoms with E-state index in [1.165, 1.54) is 37.1 Å². The van der Waals surface area contributed by atoms with Crippen molar-refractivity contribution in [2.24, 2.45) is 0 Å². The van der Waals surface area contributed by atoms with Crippen LogP contribution >= 0.6 is 22.9 Å². The van der Waals surface area contributed by atoms with Crippen LogP contribution in [0.25, 0.3) is 6.08 Å². The highest BCUT2D eigenvalue weighted by Crippen LogP contribution is 2.36. The van der Waals surface area contributed by atoms with Crippen LogP contribution in [0.1, 0.15) is 48.6 Å². The van der Waals surface area contributed by atoms with Gasteiger partial charge in [-0.15, -0.1) is 10.2 Å². The summed E-state index contributed by atoms with van der Waals surface area (Å²) in [7, 11) is 0. The Balaban J connectivity index is 1.30. The number of nitrogens with zero attached hydrogens (tertiary/aromatic N) is 4. The van der Waals surface area contributed by atoms with Gasteiger partial charge in [0.05, 0.1) is 0 Å². The molecular formula is C21H25ClN4OS. The molecule has 1 amide bonds. The molecule has 0 unspecified atom stereocenters. The van der Waals surface area contributed by atoms with E-state index in [2.05, 4.69) is 15.1 Å². The van der Waals surface area contributed by atoms with Crippen molar-refractivity contribution < 1.29 is 4.79 Å². The van der Waals surface area contributed by atoms with Crippen molar-refractivity contribution in [1.29, 1.82) is 0 Å². The van der Waals surface area contributed by atoms with Gasteiger partial charge in [0.25, 0.3) is 0 Å². The van der Waals surface area contributed by atoms with Gasteiger partial charge in [0.1, 0.15) is 5.01 Å². The highest BCUT2D eigenvalue weighted by atomic mass is 35.5. The van der Waals surface area contributed by atoms with E-state index in [9.17, 15) is 4.79 Å². The Morgan fingerprint density at radius 2 is 1.89 bits per heavy atom. The average molecular weight is 417 g/mol. The number of carbonyl (C=O) groups is 1. The van der Waals surface area contributed by atoms with Gasteiger partial charge in [0.15, 0.2) is 0 Å². The first kappa shape index (κ1) is 19.4. The monoisotopic (exact) mass is 416 g/mol. The lowest BCUT2D eigenvalue weighted by atomic mass is 9.90. The molecule has 2 aliphatic rings. The topological polar surface area (TPSA) is 49.3 Å². The van der Waals surface area contributed by atoms with Crippen LogP contribution in [0.2, 0.25) is 5.02 Å². The molecule has 0 radical (unpaired) electrons. The third kappa shape index (κ3) is 4.73. The minimum atomic E-state index is 0.0415. The number of amides is 1. The van der Waals surface area contributed by atoms with Crippen LogP contribution in [0.5, 0.6) is 0 Å². The highest BCUT2D eigenvalue weighted by Gasteiger charge is 2.24. The van der Waals surface area contributed by atoms with Gasteiger partial charge >= 0.3 is 0 Å². The van der Waals surface area contributed by atoms with E-state index in [0.29, 0.717) is 24.0 Å². The summed E-state index contributed by atoms with van der Waals surface area (Å²) in [6.45, 7) is 3.01. The molecule has 1 aliphatic carbocycles. The quantitative estimate of drug-likeness (QED) is 0.683. The largest absolute Gasteiger partial charge is 0.343 e. The maximum absolute atomic E-state index is 12.5. The van der Waals surface area contributed by atoms with Crippen molar-refractivity contribution in [2.45, 2.75) is 38.0 Å². The minimum absolute atomic E-state index is 0.0415. The second kappa shape index (κ2) is 9.05. The molecule has 1 saturated carbocycles. The zero-order chi connectivity index (χ0) is 19.3. The molecule has 1 aromatic heterocycles. The molecule has 1 aliphatic heterocycles. The fourth-order valence-electron chi connectivity index (χ4n) is 3.87. The summed E-state index contributed by atoms with van der Waals surface area (Å²) in [6.07, 6.45) is 9.91. The van der Waals surface area contributed by atoms with Crippen LogP contribution < -0.4 is 4.90 Å². The zero-order valence-corrected chi connectivity index (χ0v) is 17.5. The number of anilines is 1. The molecule has 5 nitrogen and oxygen atoms in total. The number of carbonyl (C=O) groups excluding carboxylic acids is 1. The van der Waals surface area contributed by atoms with E-state index in [1.807, 2.05) is 35.2 Å². The SMILES string of the molecule is O=C(/C=C/c1cccc(Cl)c1)N1CCN(c2nnc(C3CCCCC3)s2)CC1. The smallest absolute Gasteiger partial charge is 0.246 e. The molecule has 148 valence electrons. The Labute approximate surface area is 175 Å². The van der Waals surface area contributed by atoms with Crippen LogP contribution in [-0.2, 0) is 4.79 Å². The molecule has 1 saturated heterocycles. The van der Waals surface area contributed by atoms with Gasteiger partial charge in [-0.3, -0.25) is 4.79 Å². The predicted octanol–water partition coefficient (Wildman–Crippen LogP) is 4.60. The van der Waals surface area contributed by atoms with Crippen molar-refractivity contribution in [1.82, 2.24) is 15.1 Å². The number of benzene rings is 1. The third-order valence-corrected chi connectivity index (χ3v) is 6.89. The Kier molecular flexibility index (Phi) is 6.27. The van der Waals surface area contributed by atoms with E-state index in [0.717, 1.165) is 23.8 Å². The average Bonchev–Trinajstić information content (AvgIpc) is 3.23. The second-order valence-corrected chi connectivity index (χ2v) is 8.88. The Morgan fingerprint density at radius 3 is 2.64 bits per heavy atom. The number of hydrogen-bond donors (Lipinski definition) is 0. The molecule has 0 atom stereocenters. The number of halogens is 1. The summed E-state index contributed by atoms with van der Waals surface area (Å²) < 4.78 is 0. The molecule has 1 aromatic carbocycles. The van der Waals surface area contributed by atoms with E-state index in [-0.39, 0.29) is 5.91 Å². The molecule has 7 heteroatoms. The molecule has 0 N–H and O–H groups in total. The van der Waals surface area contributed by atoms with E-state index in [1.54, 1.807) is 17.4 Å². The first-order valence-electron chi connectivity index (χ1n) is 10.00. The third-order valence-electron chi connectivity index (χ3n) is 5.51. The minimum Gasteiger partial charge on any atom is -0.343 e. The first-order valence-corrected chi connectivity index (χ1v) is 11.2. The normalized spacial score (nSPS) is 18.8. The molecule has 2 heterocycles. The van der Waals surface area contributed by atoms with Crippen molar-refractivity contribution in [2.75, 3.05) is 31.1 Å². The van der Waals surface area contributed by atoms with Gasteiger partial charge in [-0.2, -0.15) is 0 Å². The summed E-state index contributed by atoms with van der Waals surface area (Å²) >= 11 is 7.73. The fourth-order valence-corrected chi connectivity index (χ4v) is 5.13. The molecule has 0 bridgehead atoms. The fraction of sp³-hybridized carbons (Fsp3) is 0.476. The standard InChI is InChI=1S/C21H25ClN4OS/c22-18-8-4-5-16(15-18)9-10-19(27)25-11-13-26(14-12-25)21-24-23-20(28-21)17-6-2-1-3-7-17/h4-5,8-10,15,17H,1-3,6-7,11-14H2/b10-9+. The first-order chi connectivity index (χ1) is 13.7. The van der Waals surface area contributed by atoms with E-state index >= 15 is 0 Å². The number of piperazine rings is 1. The lowest BCUT2D eigenvalue weighted by molar-refractivity contribution is -0.126. The Morgan fingerprint density at radius 1 is 1.11 bits per heavy atom. The van der Waals surface area contributed by atoms with Gasteiger partial charge in [0, 0.05) is 43.2 Å². The van der Waals surface area contributed by atoms with Gasteiger partial charge in [-0.25, -0.2) is 0 Å². The molecule has 0 spiro atoms. The van der Waals surface area contributed by atoms with Crippen LogP contribution in [-0.4, -0.2) is 47.2 Å². The molecule has 2 fully saturated rings. The van der Waals surface area contributed by atoms with Crippen LogP contribution in [0, 0.1) is 0 Å². The maximum Gasteiger partial charge on any atom is 0.246 e. The van der Waals surface area contributed by atoms with Gasteiger partial charge < -0.3 is 9.80 Å². The van der Waals surface area contributed by atoms with Crippen LogP contribution in [0.15, 0.2) is 30.3 Å². The second-order valence-electron chi connectivity index (χ2n) is 7.46. The lowest BCUT2D eigenvalue weighted by Crippen LogP contribution is -2.48. The van der Waals surface area contributed by atoms with Crippen LogP contribution in [0.4, 0.5) is 5.13 Å². The van der Waals surface area contributed by atoms with Crippen molar-refractivity contribution in [3.05, 3.63) is 45.9 Å². The summed E-state index contributed by atoms with van der Waals surface area (Å²) in [5.74, 6) is 0.638. The molecule has 4 rings (SSSR count). The van der Waals surface area contributed by atoms with Crippen molar-refractivity contribution >= 4 is 40.1 Å². The Bertz CT molecular complexity index is 838. The number of rotatable bonds is 4. The number of hydrogen-bond acceptors (Lipinski definition) is 5.